The quantitative estimate of drug-likeness (QED) is 0.806. The van der Waals surface area contributed by atoms with Crippen LogP contribution in [0.15, 0.2) is 47.3 Å². The standard InChI is InChI=1S/C16H17F3N4O3S/c1-27(26)21-23-14(24)11-8-10(9-22-6-2-3-7-22)12(16(17,18)19)4-5-13(11)20-15(23)25/h2-3,6-8,13,21H,4-5,9H2,1H3,(H,20,25). The summed E-state index contributed by atoms with van der Waals surface area (Å²) in [6, 6.07) is 1.69. The summed E-state index contributed by atoms with van der Waals surface area (Å²) >= 11 is 0. The van der Waals surface area contributed by atoms with E-state index in [4.69, 9.17) is 0 Å². The first-order chi connectivity index (χ1) is 12.7. The first-order valence-electron chi connectivity index (χ1n) is 8.03. The van der Waals surface area contributed by atoms with Crippen LogP contribution >= 0.6 is 0 Å². The molecule has 1 aliphatic carbocycles. The summed E-state index contributed by atoms with van der Waals surface area (Å²) in [5.74, 6) is -0.813. The number of hydrogen-bond donors (Lipinski definition) is 2. The molecule has 3 rings (SSSR count). The number of rotatable bonds is 4. The number of amides is 3. The predicted octanol–water partition coefficient (Wildman–Crippen LogP) is 1.79. The normalized spacial score (nSPS) is 22.1. The Bertz CT molecular complexity index is 846. The number of hydrazine groups is 1. The van der Waals surface area contributed by atoms with Crippen molar-refractivity contribution >= 4 is 22.9 Å². The average Bonchev–Trinajstić information content (AvgIpc) is 2.98. The summed E-state index contributed by atoms with van der Waals surface area (Å²) in [6.07, 6.45) is 0.731. The van der Waals surface area contributed by atoms with E-state index in [0.717, 1.165) is 0 Å². The third kappa shape index (κ3) is 4.14. The zero-order valence-electron chi connectivity index (χ0n) is 14.2. The lowest BCUT2D eigenvalue weighted by Crippen LogP contribution is -2.60. The van der Waals surface area contributed by atoms with Crippen molar-refractivity contribution < 1.29 is 27.0 Å². The molecule has 0 aromatic carbocycles. The van der Waals surface area contributed by atoms with Crippen LogP contribution in [-0.4, -0.2) is 44.2 Å². The number of carbonyl (C=O) groups excluding carboxylic acids is 2. The summed E-state index contributed by atoms with van der Waals surface area (Å²) in [5.41, 5.74) is -0.744. The Balaban J connectivity index is 2.03. The third-order valence-corrected chi connectivity index (χ3v) is 4.75. The molecule has 0 spiro atoms. The fourth-order valence-electron chi connectivity index (χ4n) is 3.12. The molecule has 146 valence electrons. The third-order valence-electron chi connectivity index (χ3n) is 4.31. The molecule has 7 nitrogen and oxygen atoms in total. The lowest BCUT2D eigenvalue weighted by molar-refractivity contribution is -0.126. The molecule has 2 atom stereocenters. The van der Waals surface area contributed by atoms with Crippen LogP contribution in [-0.2, 0) is 22.3 Å². The van der Waals surface area contributed by atoms with E-state index >= 15 is 0 Å². The summed E-state index contributed by atoms with van der Waals surface area (Å²) in [6.45, 7) is -0.0631. The summed E-state index contributed by atoms with van der Waals surface area (Å²) in [5, 5.41) is 3.03. The van der Waals surface area contributed by atoms with Crippen LogP contribution in [0, 0.1) is 0 Å². The van der Waals surface area contributed by atoms with Crippen LogP contribution in [0.2, 0.25) is 0 Å². The van der Waals surface area contributed by atoms with Gasteiger partial charge in [-0.3, -0.25) is 4.79 Å². The molecule has 2 heterocycles. The molecule has 0 radical (unpaired) electrons. The van der Waals surface area contributed by atoms with Crippen molar-refractivity contribution in [1.82, 2.24) is 19.7 Å². The van der Waals surface area contributed by atoms with Crippen LogP contribution in [0.1, 0.15) is 12.8 Å². The molecule has 11 heteroatoms. The lowest BCUT2D eigenvalue weighted by atomic mass is 10.00. The van der Waals surface area contributed by atoms with Crippen molar-refractivity contribution in [2.45, 2.75) is 31.6 Å². The molecular formula is C16H17F3N4O3S. The average molecular weight is 402 g/mol. The van der Waals surface area contributed by atoms with E-state index < -0.39 is 40.7 Å². The minimum Gasteiger partial charge on any atom is -0.350 e. The smallest absolute Gasteiger partial charge is 0.350 e. The minimum absolute atomic E-state index is 0.0222. The van der Waals surface area contributed by atoms with E-state index in [2.05, 4.69) is 10.1 Å². The molecule has 1 fully saturated rings. The largest absolute Gasteiger partial charge is 0.413 e. The molecule has 2 N–H and O–H groups in total. The molecule has 1 aromatic rings. The van der Waals surface area contributed by atoms with Crippen molar-refractivity contribution in [3.63, 3.8) is 0 Å². The van der Waals surface area contributed by atoms with Crippen LogP contribution < -0.4 is 10.1 Å². The van der Waals surface area contributed by atoms with Gasteiger partial charge in [-0.15, -0.1) is 4.83 Å². The highest BCUT2D eigenvalue weighted by atomic mass is 32.2. The summed E-state index contributed by atoms with van der Waals surface area (Å²) < 4.78 is 53.6. The summed E-state index contributed by atoms with van der Waals surface area (Å²) in [4.78, 5) is 26.9. The van der Waals surface area contributed by atoms with Gasteiger partial charge in [-0.05, 0) is 36.6 Å². The molecule has 27 heavy (non-hydrogen) atoms. The first-order valence-corrected chi connectivity index (χ1v) is 9.59. The van der Waals surface area contributed by atoms with E-state index in [1.807, 2.05) is 0 Å². The Kier molecular flexibility index (Phi) is 5.24. The first kappa shape index (κ1) is 19.4. The Labute approximate surface area is 155 Å². The fourth-order valence-corrected chi connectivity index (χ4v) is 3.55. The number of nitrogens with one attached hydrogen (secondary N) is 2. The molecule has 1 aliphatic heterocycles. The number of allylic oxidation sites excluding steroid dienone is 3. The van der Waals surface area contributed by atoms with Gasteiger partial charge in [0, 0.05) is 36.3 Å². The topological polar surface area (TPSA) is 83.4 Å². The monoisotopic (exact) mass is 402 g/mol. The van der Waals surface area contributed by atoms with Gasteiger partial charge in [0.1, 0.15) is 11.0 Å². The highest BCUT2D eigenvalue weighted by Crippen LogP contribution is 2.37. The zero-order chi connectivity index (χ0) is 19.8. The van der Waals surface area contributed by atoms with Crippen LogP contribution in [0.5, 0.6) is 0 Å². The van der Waals surface area contributed by atoms with E-state index in [0.29, 0.717) is 5.01 Å². The molecule has 3 amide bonds. The number of aromatic nitrogens is 1. The number of carbonyl (C=O) groups is 2. The highest BCUT2D eigenvalue weighted by molar-refractivity contribution is 7.82. The molecule has 2 unspecified atom stereocenters. The summed E-state index contributed by atoms with van der Waals surface area (Å²) in [7, 11) is -1.71. The van der Waals surface area contributed by atoms with Crippen molar-refractivity contribution in [1.29, 1.82) is 0 Å². The van der Waals surface area contributed by atoms with Gasteiger partial charge in [0.2, 0.25) is 0 Å². The highest BCUT2D eigenvalue weighted by Gasteiger charge is 2.42. The number of fused-ring (bicyclic) bond motifs is 1. The van der Waals surface area contributed by atoms with Crippen LogP contribution in [0.25, 0.3) is 0 Å². The maximum absolute atomic E-state index is 13.6. The molecule has 0 bridgehead atoms. The second-order valence-corrected chi connectivity index (χ2v) is 7.27. The van der Waals surface area contributed by atoms with Gasteiger partial charge in [-0.1, -0.05) is 0 Å². The second kappa shape index (κ2) is 7.31. The van der Waals surface area contributed by atoms with E-state index in [9.17, 15) is 27.0 Å². The second-order valence-electron chi connectivity index (χ2n) is 6.18. The SMILES string of the molecule is CS(=O)NN1C(=O)NC2CCC(C(F)(F)F)=C(Cn3cccc3)C=C2C1=O. The Morgan fingerprint density at radius 2 is 1.96 bits per heavy atom. The Morgan fingerprint density at radius 3 is 2.56 bits per heavy atom. The minimum atomic E-state index is -4.55. The van der Waals surface area contributed by atoms with Crippen molar-refractivity contribution in [2.24, 2.45) is 0 Å². The Hall–Kier alpha value is -2.40. The molecule has 2 aliphatic rings. The number of imide groups is 1. The number of nitrogens with zero attached hydrogens (tertiary/aromatic N) is 2. The van der Waals surface area contributed by atoms with E-state index in [1.165, 1.54) is 12.3 Å². The maximum Gasteiger partial charge on any atom is 0.413 e. The van der Waals surface area contributed by atoms with E-state index in [-0.39, 0.29) is 30.5 Å². The number of urea groups is 1. The molecule has 0 saturated carbocycles. The molecule has 1 saturated heterocycles. The van der Waals surface area contributed by atoms with Crippen LogP contribution in [0.3, 0.4) is 0 Å². The van der Waals surface area contributed by atoms with Gasteiger partial charge in [0.25, 0.3) is 5.91 Å². The van der Waals surface area contributed by atoms with Gasteiger partial charge in [-0.2, -0.15) is 18.2 Å². The van der Waals surface area contributed by atoms with Gasteiger partial charge >= 0.3 is 12.2 Å². The predicted molar refractivity (Wildman–Crippen MR) is 91.2 cm³/mol. The lowest BCUT2D eigenvalue weighted by Gasteiger charge is -2.32. The number of halogens is 3. The van der Waals surface area contributed by atoms with Crippen LogP contribution in [0.4, 0.5) is 18.0 Å². The fraction of sp³-hybridized carbons (Fsp3) is 0.375. The zero-order valence-corrected chi connectivity index (χ0v) is 15.1. The number of alkyl halides is 3. The van der Waals surface area contributed by atoms with E-state index in [1.54, 1.807) is 29.1 Å². The van der Waals surface area contributed by atoms with Crippen molar-refractivity contribution in [2.75, 3.05) is 6.26 Å². The van der Waals surface area contributed by atoms with Gasteiger partial charge < -0.3 is 9.88 Å². The van der Waals surface area contributed by atoms with Crippen molar-refractivity contribution in [3.8, 4) is 0 Å². The van der Waals surface area contributed by atoms with Crippen molar-refractivity contribution in [3.05, 3.63) is 47.3 Å². The van der Waals surface area contributed by atoms with Gasteiger partial charge in [-0.25, -0.2) is 9.00 Å². The maximum atomic E-state index is 13.6. The van der Waals surface area contributed by atoms with Gasteiger partial charge in [0.15, 0.2) is 0 Å². The molecular weight excluding hydrogens is 385 g/mol. The van der Waals surface area contributed by atoms with Gasteiger partial charge in [0.05, 0.1) is 6.04 Å². The number of hydrogen-bond acceptors (Lipinski definition) is 3. The molecule has 1 aromatic heterocycles. The Morgan fingerprint density at radius 1 is 1.30 bits per heavy atom.